The first kappa shape index (κ1) is 26.6. The molecule has 1 saturated heterocycles. The monoisotopic (exact) mass is 579 g/mol. The molecule has 1 N–H and O–H groups in total. The number of hydrogen-bond acceptors (Lipinski definition) is 7. The SMILES string of the molecule is CCOc1cc(/C=C2\C(=O)NC(=O)N(c3ccc([N+](=O)[O-])cc3)C2=O)cc(Br)c1OCc1ccc(C)cc1. The molecular weight excluding hydrogens is 558 g/mol. The number of amides is 4. The van der Waals surface area contributed by atoms with Crippen molar-refractivity contribution in [1.82, 2.24) is 5.32 Å². The number of carbonyl (C=O) groups excluding carboxylic acids is 3. The van der Waals surface area contributed by atoms with Crippen LogP contribution in [0, 0.1) is 17.0 Å². The molecule has 1 aliphatic heterocycles. The van der Waals surface area contributed by atoms with E-state index in [2.05, 4.69) is 21.2 Å². The number of urea groups is 1. The predicted molar refractivity (Wildman–Crippen MR) is 143 cm³/mol. The molecule has 38 heavy (non-hydrogen) atoms. The van der Waals surface area contributed by atoms with E-state index in [0.717, 1.165) is 28.2 Å². The number of non-ortho nitro benzene ring substituents is 1. The van der Waals surface area contributed by atoms with Gasteiger partial charge in [-0.25, -0.2) is 9.69 Å². The summed E-state index contributed by atoms with van der Waals surface area (Å²) in [6, 6.07) is 15.1. The van der Waals surface area contributed by atoms with Crippen LogP contribution in [0.4, 0.5) is 16.2 Å². The number of halogens is 1. The second kappa shape index (κ2) is 11.3. The minimum atomic E-state index is -0.956. The number of nitro benzene ring substituents is 1. The van der Waals surface area contributed by atoms with E-state index in [9.17, 15) is 24.5 Å². The zero-order chi connectivity index (χ0) is 27.4. The van der Waals surface area contributed by atoms with Crippen LogP contribution in [0.15, 0.2) is 70.7 Å². The number of imide groups is 2. The van der Waals surface area contributed by atoms with Gasteiger partial charge in [-0.1, -0.05) is 29.8 Å². The van der Waals surface area contributed by atoms with Crippen molar-refractivity contribution < 1.29 is 28.8 Å². The molecule has 0 radical (unpaired) electrons. The van der Waals surface area contributed by atoms with Gasteiger partial charge in [0, 0.05) is 12.1 Å². The zero-order valence-corrected chi connectivity index (χ0v) is 22.0. The molecule has 10 nitrogen and oxygen atoms in total. The van der Waals surface area contributed by atoms with Gasteiger partial charge in [0.05, 0.1) is 21.7 Å². The fourth-order valence-electron chi connectivity index (χ4n) is 3.70. The Morgan fingerprint density at radius 1 is 1.03 bits per heavy atom. The van der Waals surface area contributed by atoms with Crippen LogP contribution in [0.3, 0.4) is 0 Å². The first-order valence-electron chi connectivity index (χ1n) is 11.5. The Hall–Kier alpha value is -4.51. The highest BCUT2D eigenvalue weighted by atomic mass is 79.9. The quantitative estimate of drug-likeness (QED) is 0.166. The number of barbiturate groups is 1. The van der Waals surface area contributed by atoms with E-state index in [0.29, 0.717) is 34.7 Å². The largest absolute Gasteiger partial charge is 0.490 e. The minimum absolute atomic E-state index is 0.0764. The third-order valence-corrected chi connectivity index (χ3v) is 6.16. The average Bonchev–Trinajstić information content (AvgIpc) is 2.87. The van der Waals surface area contributed by atoms with Gasteiger partial charge in [0.1, 0.15) is 12.2 Å². The second-order valence-corrected chi connectivity index (χ2v) is 9.12. The Morgan fingerprint density at radius 2 is 1.71 bits per heavy atom. The number of nitro groups is 1. The van der Waals surface area contributed by atoms with Gasteiger partial charge in [-0.2, -0.15) is 0 Å². The van der Waals surface area contributed by atoms with Crippen LogP contribution < -0.4 is 19.7 Å². The second-order valence-electron chi connectivity index (χ2n) is 8.27. The summed E-state index contributed by atoms with van der Waals surface area (Å²) in [4.78, 5) is 49.3. The Bertz CT molecular complexity index is 1450. The Labute approximate surface area is 226 Å². The van der Waals surface area contributed by atoms with E-state index in [1.54, 1.807) is 12.1 Å². The first-order valence-corrected chi connectivity index (χ1v) is 12.3. The van der Waals surface area contributed by atoms with Gasteiger partial charge in [0.2, 0.25) is 0 Å². The van der Waals surface area contributed by atoms with Gasteiger partial charge < -0.3 is 9.47 Å². The van der Waals surface area contributed by atoms with Gasteiger partial charge >= 0.3 is 6.03 Å². The maximum absolute atomic E-state index is 13.2. The van der Waals surface area contributed by atoms with Gasteiger partial charge in [0.15, 0.2) is 11.5 Å². The van der Waals surface area contributed by atoms with Crippen LogP contribution >= 0.6 is 15.9 Å². The highest BCUT2D eigenvalue weighted by molar-refractivity contribution is 9.10. The van der Waals surface area contributed by atoms with E-state index in [1.807, 2.05) is 38.1 Å². The number of rotatable bonds is 8. The lowest BCUT2D eigenvalue weighted by atomic mass is 10.1. The standard InChI is InChI=1S/C27H22BrN3O7/c1-3-37-23-14-18(13-22(28)24(23)38-15-17-6-4-16(2)5-7-17)12-21-25(32)29-27(34)30(26(21)33)19-8-10-20(11-9-19)31(35)36/h4-14H,3,15H2,1-2H3,(H,29,32,34)/b21-12+. The molecule has 1 aliphatic rings. The smallest absolute Gasteiger partial charge is 0.335 e. The van der Waals surface area contributed by atoms with Crippen LogP contribution in [0.25, 0.3) is 6.08 Å². The average molecular weight is 580 g/mol. The first-order chi connectivity index (χ1) is 18.2. The molecule has 1 heterocycles. The molecule has 4 rings (SSSR count). The normalized spacial score (nSPS) is 14.4. The molecule has 0 aromatic heterocycles. The molecule has 194 valence electrons. The van der Waals surface area contributed by atoms with Crippen LogP contribution in [0.1, 0.15) is 23.6 Å². The molecule has 0 unspecified atom stereocenters. The Morgan fingerprint density at radius 3 is 2.34 bits per heavy atom. The molecule has 3 aromatic carbocycles. The summed E-state index contributed by atoms with van der Waals surface area (Å²) in [5.74, 6) is -0.891. The molecule has 3 aromatic rings. The molecule has 0 aliphatic carbocycles. The number of carbonyl (C=O) groups is 3. The fraction of sp³-hybridized carbons (Fsp3) is 0.148. The predicted octanol–water partition coefficient (Wildman–Crippen LogP) is 5.31. The van der Waals surface area contributed by atoms with Crippen LogP contribution in [-0.4, -0.2) is 29.4 Å². The van der Waals surface area contributed by atoms with Crippen molar-refractivity contribution in [3.8, 4) is 11.5 Å². The van der Waals surface area contributed by atoms with E-state index in [-0.39, 0.29) is 16.9 Å². The van der Waals surface area contributed by atoms with Crippen molar-refractivity contribution in [2.75, 3.05) is 11.5 Å². The topological polar surface area (TPSA) is 128 Å². The molecular formula is C27H22BrN3O7. The van der Waals surface area contributed by atoms with E-state index >= 15 is 0 Å². The Kier molecular flexibility index (Phi) is 7.87. The lowest BCUT2D eigenvalue weighted by Crippen LogP contribution is -2.54. The lowest BCUT2D eigenvalue weighted by molar-refractivity contribution is -0.384. The number of nitrogens with one attached hydrogen (secondary N) is 1. The molecule has 0 spiro atoms. The van der Waals surface area contributed by atoms with Gasteiger partial charge in [0.25, 0.3) is 17.5 Å². The van der Waals surface area contributed by atoms with Crippen LogP contribution in [0.5, 0.6) is 11.5 Å². The minimum Gasteiger partial charge on any atom is -0.490 e. The maximum atomic E-state index is 13.2. The summed E-state index contributed by atoms with van der Waals surface area (Å²) in [6.45, 7) is 4.45. The number of aryl methyl sites for hydroxylation is 1. The number of hydrogen-bond donors (Lipinski definition) is 1. The van der Waals surface area contributed by atoms with Gasteiger partial charge in [-0.05, 0) is 71.2 Å². The van der Waals surface area contributed by atoms with E-state index in [4.69, 9.17) is 9.47 Å². The lowest BCUT2D eigenvalue weighted by Gasteiger charge is -2.26. The number of ether oxygens (including phenoxy) is 2. The van der Waals surface area contributed by atoms with Crippen molar-refractivity contribution in [3.63, 3.8) is 0 Å². The zero-order valence-electron chi connectivity index (χ0n) is 20.4. The number of benzene rings is 3. The highest BCUT2D eigenvalue weighted by Crippen LogP contribution is 2.38. The van der Waals surface area contributed by atoms with E-state index < -0.39 is 22.8 Å². The van der Waals surface area contributed by atoms with Crippen molar-refractivity contribution in [2.24, 2.45) is 0 Å². The third-order valence-electron chi connectivity index (χ3n) is 5.57. The maximum Gasteiger partial charge on any atom is 0.335 e. The van der Waals surface area contributed by atoms with Crippen LogP contribution in [0.2, 0.25) is 0 Å². The summed E-state index contributed by atoms with van der Waals surface area (Å²) in [7, 11) is 0. The Balaban J connectivity index is 1.64. The summed E-state index contributed by atoms with van der Waals surface area (Å²) >= 11 is 3.49. The molecule has 4 amide bonds. The molecule has 11 heteroatoms. The molecule has 0 atom stereocenters. The fourth-order valence-corrected chi connectivity index (χ4v) is 4.27. The highest BCUT2D eigenvalue weighted by Gasteiger charge is 2.37. The number of nitrogens with zero attached hydrogens (tertiary/aromatic N) is 2. The van der Waals surface area contributed by atoms with Gasteiger partial charge in [-0.15, -0.1) is 0 Å². The van der Waals surface area contributed by atoms with Gasteiger partial charge in [-0.3, -0.25) is 25.0 Å². The van der Waals surface area contributed by atoms with Crippen molar-refractivity contribution >= 4 is 51.2 Å². The van der Waals surface area contributed by atoms with Crippen molar-refractivity contribution in [1.29, 1.82) is 0 Å². The molecule has 1 fully saturated rings. The summed E-state index contributed by atoms with van der Waals surface area (Å²) in [6.07, 6.45) is 1.33. The summed E-state index contributed by atoms with van der Waals surface area (Å²) in [5, 5.41) is 13.1. The van der Waals surface area contributed by atoms with Crippen LogP contribution in [-0.2, 0) is 16.2 Å². The molecule has 0 bridgehead atoms. The molecule has 0 saturated carbocycles. The van der Waals surface area contributed by atoms with E-state index in [1.165, 1.54) is 18.2 Å². The third kappa shape index (κ3) is 5.73. The van der Waals surface area contributed by atoms with Crippen molar-refractivity contribution in [3.05, 3.63) is 97.5 Å². The number of anilines is 1. The summed E-state index contributed by atoms with van der Waals surface area (Å²) in [5.41, 5.74) is 2.12. The van der Waals surface area contributed by atoms with Crippen molar-refractivity contribution in [2.45, 2.75) is 20.5 Å². The summed E-state index contributed by atoms with van der Waals surface area (Å²) < 4.78 is 12.3.